The van der Waals surface area contributed by atoms with Gasteiger partial charge in [-0.3, -0.25) is 9.59 Å². The van der Waals surface area contributed by atoms with E-state index in [1.54, 1.807) is 0 Å². The Morgan fingerprint density at radius 2 is 0.750 bits per heavy atom. The lowest BCUT2D eigenvalue weighted by Crippen LogP contribution is -2.30. The van der Waals surface area contributed by atoms with Gasteiger partial charge in [-0.25, -0.2) is 0 Å². The average molecular weight is 833 g/mol. The molecule has 0 aromatic heterocycles. The van der Waals surface area contributed by atoms with Gasteiger partial charge in [0.15, 0.2) is 6.10 Å². The van der Waals surface area contributed by atoms with Gasteiger partial charge >= 0.3 is 11.9 Å². The zero-order chi connectivity index (χ0) is 43.5. The second kappa shape index (κ2) is 50.2. The molecule has 0 saturated heterocycles. The topological polar surface area (TPSA) is 61.8 Å². The van der Waals surface area contributed by atoms with Crippen LogP contribution < -0.4 is 0 Å². The summed E-state index contributed by atoms with van der Waals surface area (Å²) in [7, 11) is 0. The van der Waals surface area contributed by atoms with Gasteiger partial charge in [0, 0.05) is 19.4 Å². The van der Waals surface area contributed by atoms with Crippen molar-refractivity contribution in [3.8, 4) is 0 Å². The molecule has 60 heavy (non-hydrogen) atoms. The molecule has 1 atom stereocenters. The van der Waals surface area contributed by atoms with E-state index in [9.17, 15) is 9.59 Å². The van der Waals surface area contributed by atoms with E-state index >= 15 is 0 Å². The van der Waals surface area contributed by atoms with Gasteiger partial charge in [0.05, 0.1) is 6.61 Å². The zero-order valence-electron chi connectivity index (χ0n) is 39.2. The summed E-state index contributed by atoms with van der Waals surface area (Å²) in [5.41, 5.74) is 0. The SMILES string of the molecule is CC/C=C\C/C=C\C/C=C\C/C=C\CCCCCCCCC(=O)OCC(COCCCCCC/C=C\C/C=C\C/C=C\CC)OC(=O)CCCCCCC/C=C\CCCC. The molecule has 0 spiro atoms. The van der Waals surface area contributed by atoms with Crippen LogP contribution in [0.25, 0.3) is 0 Å². The molecule has 0 heterocycles. The Kier molecular flexibility index (Phi) is 47.5. The Bertz CT molecular complexity index is 1170. The Labute approximate surface area is 371 Å². The van der Waals surface area contributed by atoms with Crippen molar-refractivity contribution in [2.75, 3.05) is 19.8 Å². The fourth-order valence-electron chi connectivity index (χ4n) is 6.44. The smallest absolute Gasteiger partial charge is 0.306 e. The number of carbonyl (C=O) groups is 2. The quantitative estimate of drug-likeness (QED) is 0.0348. The molecule has 0 amide bonds. The molecule has 5 heteroatoms. The largest absolute Gasteiger partial charge is 0.462 e. The Hall–Kier alpha value is -3.18. The number of hydrogen-bond donors (Lipinski definition) is 0. The van der Waals surface area contributed by atoms with E-state index in [-0.39, 0.29) is 25.2 Å². The van der Waals surface area contributed by atoms with Crippen LogP contribution in [0, 0.1) is 0 Å². The van der Waals surface area contributed by atoms with Gasteiger partial charge < -0.3 is 14.2 Å². The Morgan fingerprint density at radius 3 is 1.22 bits per heavy atom. The molecule has 0 aliphatic carbocycles. The van der Waals surface area contributed by atoms with Gasteiger partial charge in [0.1, 0.15) is 6.61 Å². The van der Waals surface area contributed by atoms with Gasteiger partial charge in [-0.05, 0) is 109 Å². The molecule has 1 unspecified atom stereocenters. The Morgan fingerprint density at radius 1 is 0.383 bits per heavy atom. The second-order valence-electron chi connectivity index (χ2n) is 15.9. The van der Waals surface area contributed by atoms with Crippen molar-refractivity contribution in [1.82, 2.24) is 0 Å². The standard InChI is InChI=1S/C55H92O5/c1-4-7-10-13-16-19-22-24-26-27-28-29-30-31-34-36-39-42-45-48-54(56)59-52-53(60-55(57)49-46-43-40-37-33-21-18-15-12-9-6-3)51-58-50-47-44-41-38-35-32-25-23-20-17-14-11-8-5-2/h7-8,10-11,15-20,24-26,28-29,32,53H,4-6,9,12-14,21-23,27,30-31,33-52H2,1-3H3/b10-7-,11-8-,18-15-,19-16-,20-17-,26-24-,29-28-,32-25-. The molecule has 0 rings (SSSR count). The number of ether oxygens (including phenoxy) is 3. The number of esters is 2. The van der Waals surface area contributed by atoms with Crippen LogP contribution in [0.5, 0.6) is 0 Å². The summed E-state index contributed by atoms with van der Waals surface area (Å²) < 4.78 is 17.3. The molecule has 0 bridgehead atoms. The van der Waals surface area contributed by atoms with Crippen molar-refractivity contribution < 1.29 is 23.8 Å². The van der Waals surface area contributed by atoms with Crippen LogP contribution in [0.15, 0.2) is 97.2 Å². The fraction of sp³-hybridized carbons (Fsp3) is 0.673. The number of rotatable bonds is 44. The maximum Gasteiger partial charge on any atom is 0.306 e. The first kappa shape index (κ1) is 56.8. The molecule has 0 aromatic carbocycles. The summed E-state index contributed by atoms with van der Waals surface area (Å²) in [6, 6.07) is 0. The third-order valence-corrected chi connectivity index (χ3v) is 10.1. The van der Waals surface area contributed by atoms with E-state index in [2.05, 4.69) is 118 Å². The molecule has 0 N–H and O–H groups in total. The fourth-order valence-corrected chi connectivity index (χ4v) is 6.44. The van der Waals surface area contributed by atoms with Crippen LogP contribution in [0.4, 0.5) is 0 Å². The van der Waals surface area contributed by atoms with Crippen LogP contribution in [0.2, 0.25) is 0 Å². The molecule has 0 aliphatic heterocycles. The second-order valence-corrected chi connectivity index (χ2v) is 15.9. The van der Waals surface area contributed by atoms with E-state index < -0.39 is 6.10 Å². The number of hydrogen-bond acceptors (Lipinski definition) is 5. The lowest BCUT2D eigenvalue weighted by molar-refractivity contribution is -0.163. The van der Waals surface area contributed by atoms with Gasteiger partial charge in [0.2, 0.25) is 0 Å². The molecular weight excluding hydrogens is 741 g/mol. The van der Waals surface area contributed by atoms with E-state index in [0.717, 1.165) is 116 Å². The Balaban J connectivity index is 4.31. The van der Waals surface area contributed by atoms with Crippen LogP contribution in [0.3, 0.4) is 0 Å². The van der Waals surface area contributed by atoms with Gasteiger partial charge in [0.25, 0.3) is 0 Å². The van der Waals surface area contributed by atoms with Crippen molar-refractivity contribution in [1.29, 1.82) is 0 Å². The first-order valence-electron chi connectivity index (χ1n) is 24.8. The molecule has 0 aromatic rings. The highest BCUT2D eigenvalue weighted by atomic mass is 16.6. The summed E-state index contributed by atoms with van der Waals surface area (Å²) in [6.45, 7) is 7.48. The van der Waals surface area contributed by atoms with E-state index in [0.29, 0.717) is 19.4 Å². The normalized spacial score (nSPS) is 13.1. The third kappa shape index (κ3) is 47.5. The summed E-state index contributed by atoms with van der Waals surface area (Å²) in [6.07, 6.45) is 67.0. The van der Waals surface area contributed by atoms with Crippen molar-refractivity contribution in [3.05, 3.63) is 97.2 Å². The minimum atomic E-state index is -0.562. The highest BCUT2D eigenvalue weighted by Gasteiger charge is 2.17. The molecule has 0 radical (unpaired) electrons. The average Bonchev–Trinajstić information content (AvgIpc) is 3.25. The predicted octanol–water partition coefficient (Wildman–Crippen LogP) is 16.7. The van der Waals surface area contributed by atoms with Gasteiger partial charge in [-0.15, -0.1) is 0 Å². The van der Waals surface area contributed by atoms with Gasteiger partial charge in [-0.2, -0.15) is 0 Å². The molecule has 5 nitrogen and oxygen atoms in total. The summed E-state index contributed by atoms with van der Waals surface area (Å²) in [5, 5.41) is 0. The third-order valence-electron chi connectivity index (χ3n) is 10.1. The molecule has 0 aliphatic rings. The number of carbonyl (C=O) groups excluding carboxylic acids is 2. The predicted molar refractivity (Wildman–Crippen MR) is 260 cm³/mol. The maximum absolute atomic E-state index is 12.7. The van der Waals surface area contributed by atoms with Crippen LogP contribution in [-0.4, -0.2) is 37.9 Å². The summed E-state index contributed by atoms with van der Waals surface area (Å²) in [4.78, 5) is 25.3. The summed E-state index contributed by atoms with van der Waals surface area (Å²) in [5.74, 6) is -0.442. The zero-order valence-corrected chi connectivity index (χ0v) is 39.2. The molecule has 0 saturated carbocycles. The molecule has 0 fully saturated rings. The monoisotopic (exact) mass is 833 g/mol. The highest BCUT2D eigenvalue weighted by molar-refractivity contribution is 5.70. The highest BCUT2D eigenvalue weighted by Crippen LogP contribution is 2.13. The first-order valence-corrected chi connectivity index (χ1v) is 24.8. The van der Waals surface area contributed by atoms with Crippen molar-refractivity contribution >= 4 is 11.9 Å². The van der Waals surface area contributed by atoms with E-state index in [4.69, 9.17) is 14.2 Å². The van der Waals surface area contributed by atoms with Crippen molar-refractivity contribution in [2.24, 2.45) is 0 Å². The number of allylic oxidation sites excluding steroid dienone is 16. The van der Waals surface area contributed by atoms with Crippen LogP contribution in [-0.2, 0) is 23.8 Å². The van der Waals surface area contributed by atoms with Crippen molar-refractivity contribution in [3.63, 3.8) is 0 Å². The van der Waals surface area contributed by atoms with E-state index in [1.165, 1.54) is 64.2 Å². The minimum absolute atomic E-state index is 0.0601. The van der Waals surface area contributed by atoms with Crippen molar-refractivity contribution in [2.45, 2.75) is 219 Å². The molecular formula is C55H92O5. The maximum atomic E-state index is 12.7. The van der Waals surface area contributed by atoms with Crippen LogP contribution in [0.1, 0.15) is 213 Å². The van der Waals surface area contributed by atoms with Crippen LogP contribution >= 0.6 is 0 Å². The van der Waals surface area contributed by atoms with Gasteiger partial charge in [-0.1, -0.05) is 189 Å². The lowest BCUT2D eigenvalue weighted by atomic mass is 10.1. The molecule has 342 valence electrons. The lowest BCUT2D eigenvalue weighted by Gasteiger charge is -2.18. The summed E-state index contributed by atoms with van der Waals surface area (Å²) >= 11 is 0. The minimum Gasteiger partial charge on any atom is -0.462 e. The van der Waals surface area contributed by atoms with E-state index in [1.807, 2.05) is 0 Å². The number of unbranched alkanes of at least 4 members (excludes halogenated alkanes) is 17. The first-order chi connectivity index (χ1) is 29.6.